The third kappa shape index (κ3) is 3.35. The standard InChI is InChI=1S/C15H27N3/c1-4-8-16-12-15(3,14-6-7-14)9-13-10-17-18(5-2)11-13/h10-11,14,16H,4-9,12H2,1-3H3. The molecule has 0 aliphatic heterocycles. The summed E-state index contributed by atoms with van der Waals surface area (Å²) < 4.78 is 2.03. The molecule has 0 aromatic carbocycles. The number of hydrogen-bond acceptors (Lipinski definition) is 2. The van der Waals surface area contributed by atoms with Gasteiger partial charge in [0, 0.05) is 19.3 Å². The van der Waals surface area contributed by atoms with Crippen molar-refractivity contribution in [2.45, 2.75) is 53.0 Å². The third-order valence-electron chi connectivity index (χ3n) is 4.14. The second-order valence-electron chi connectivity index (χ2n) is 5.99. The zero-order chi connectivity index (χ0) is 13.0. The van der Waals surface area contributed by atoms with E-state index >= 15 is 0 Å². The van der Waals surface area contributed by atoms with E-state index in [4.69, 9.17) is 0 Å². The van der Waals surface area contributed by atoms with Crippen molar-refractivity contribution in [2.75, 3.05) is 13.1 Å². The van der Waals surface area contributed by atoms with Crippen molar-refractivity contribution in [3.63, 3.8) is 0 Å². The third-order valence-corrected chi connectivity index (χ3v) is 4.14. The van der Waals surface area contributed by atoms with Crippen LogP contribution in [0.15, 0.2) is 12.4 Å². The number of nitrogens with zero attached hydrogens (tertiary/aromatic N) is 2. The van der Waals surface area contributed by atoms with Crippen LogP contribution in [0, 0.1) is 11.3 Å². The molecular formula is C15H27N3. The fourth-order valence-corrected chi connectivity index (χ4v) is 2.82. The monoisotopic (exact) mass is 249 g/mol. The summed E-state index contributed by atoms with van der Waals surface area (Å²) in [6.45, 7) is 10.1. The summed E-state index contributed by atoms with van der Waals surface area (Å²) >= 11 is 0. The van der Waals surface area contributed by atoms with E-state index in [2.05, 4.69) is 37.4 Å². The number of aryl methyl sites for hydroxylation is 1. The molecule has 1 aliphatic carbocycles. The van der Waals surface area contributed by atoms with Gasteiger partial charge in [-0.3, -0.25) is 4.68 Å². The molecular weight excluding hydrogens is 222 g/mol. The summed E-state index contributed by atoms with van der Waals surface area (Å²) in [5.41, 5.74) is 1.81. The SMILES string of the molecule is CCCNCC(C)(Cc1cnn(CC)c1)C1CC1. The summed E-state index contributed by atoms with van der Waals surface area (Å²) in [5, 5.41) is 8.00. The number of hydrogen-bond donors (Lipinski definition) is 1. The Morgan fingerprint density at radius 3 is 2.78 bits per heavy atom. The van der Waals surface area contributed by atoms with Crippen molar-refractivity contribution in [3.05, 3.63) is 18.0 Å². The van der Waals surface area contributed by atoms with Gasteiger partial charge >= 0.3 is 0 Å². The van der Waals surface area contributed by atoms with E-state index in [1.807, 2.05) is 10.9 Å². The fraction of sp³-hybridized carbons (Fsp3) is 0.800. The van der Waals surface area contributed by atoms with Crippen LogP contribution in [0.2, 0.25) is 0 Å². The highest BCUT2D eigenvalue weighted by atomic mass is 15.3. The Bertz CT molecular complexity index is 368. The fourth-order valence-electron chi connectivity index (χ4n) is 2.82. The minimum Gasteiger partial charge on any atom is -0.316 e. The molecule has 2 rings (SSSR count). The molecule has 3 nitrogen and oxygen atoms in total. The first-order chi connectivity index (χ1) is 8.68. The second kappa shape index (κ2) is 5.87. The smallest absolute Gasteiger partial charge is 0.0521 e. The zero-order valence-electron chi connectivity index (χ0n) is 12.1. The maximum Gasteiger partial charge on any atom is 0.0521 e. The van der Waals surface area contributed by atoms with Crippen LogP contribution in [0.1, 0.15) is 45.6 Å². The first-order valence-electron chi connectivity index (χ1n) is 7.40. The molecule has 3 heteroatoms. The van der Waals surface area contributed by atoms with Gasteiger partial charge in [0.05, 0.1) is 6.20 Å². The Labute approximate surface area is 111 Å². The van der Waals surface area contributed by atoms with Gasteiger partial charge in [-0.1, -0.05) is 13.8 Å². The van der Waals surface area contributed by atoms with E-state index in [0.29, 0.717) is 5.41 Å². The lowest BCUT2D eigenvalue weighted by Crippen LogP contribution is -2.35. The van der Waals surface area contributed by atoms with Crippen LogP contribution in [-0.4, -0.2) is 22.9 Å². The van der Waals surface area contributed by atoms with Crippen LogP contribution < -0.4 is 5.32 Å². The Kier molecular flexibility index (Phi) is 4.44. The predicted octanol–water partition coefficient (Wildman–Crippen LogP) is 2.86. The van der Waals surface area contributed by atoms with Gasteiger partial charge in [0.2, 0.25) is 0 Å². The van der Waals surface area contributed by atoms with Crippen LogP contribution >= 0.6 is 0 Å². The summed E-state index contributed by atoms with van der Waals surface area (Å²) in [5.74, 6) is 0.909. The summed E-state index contributed by atoms with van der Waals surface area (Å²) in [7, 11) is 0. The molecule has 0 amide bonds. The van der Waals surface area contributed by atoms with Crippen molar-refractivity contribution < 1.29 is 0 Å². The number of nitrogens with one attached hydrogen (secondary N) is 1. The topological polar surface area (TPSA) is 29.9 Å². The molecule has 1 unspecified atom stereocenters. The molecule has 102 valence electrons. The molecule has 0 saturated heterocycles. The average molecular weight is 249 g/mol. The van der Waals surface area contributed by atoms with Crippen LogP contribution in [-0.2, 0) is 13.0 Å². The van der Waals surface area contributed by atoms with Crippen molar-refractivity contribution in [3.8, 4) is 0 Å². The van der Waals surface area contributed by atoms with Gasteiger partial charge in [-0.15, -0.1) is 0 Å². The highest BCUT2D eigenvalue weighted by Crippen LogP contribution is 2.47. The molecule has 0 radical (unpaired) electrons. The zero-order valence-corrected chi connectivity index (χ0v) is 12.1. The van der Waals surface area contributed by atoms with Crippen molar-refractivity contribution in [1.82, 2.24) is 15.1 Å². The van der Waals surface area contributed by atoms with E-state index in [1.54, 1.807) is 0 Å². The normalized spacial score (nSPS) is 18.8. The lowest BCUT2D eigenvalue weighted by Gasteiger charge is -2.30. The minimum atomic E-state index is 0.413. The lowest BCUT2D eigenvalue weighted by molar-refractivity contribution is 0.256. The molecule has 0 spiro atoms. The van der Waals surface area contributed by atoms with E-state index < -0.39 is 0 Å². The molecule has 0 bridgehead atoms. The number of aromatic nitrogens is 2. The largest absolute Gasteiger partial charge is 0.316 e. The van der Waals surface area contributed by atoms with Gasteiger partial charge in [-0.25, -0.2) is 0 Å². The van der Waals surface area contributed by atoms with Gasteiger partial charge in [0.25, 0.3) is 0 Å². The van der Waals surface area contributed by atoms with Gasteiger partial charge in [-0.05, 0) is 56.0 Å². The Morgan fingerprint density at radius 1 is 1.44 bits per heavy atom. The summed E-state index contributed by atoms with van der Waals surface area (Å²) in [6, 6.07) is 0. The Morgan fingerprint density at radius 2 is 2.22 bits per heavy atom. The minimum absolute atomic E-state index is 0.413. The molecule has 1 atom stereocenters. The summed E-state index contributed by atoms with van der Waals surface area (Å²) in [4.78, 5) is 0. The lowest BCUT2D eigenvalue weighted by atomic mass is 9.79. The van der Waals surface area contributed by atoms with E-state index in [9.17, 15) is 0 Å². The van der Waals surface area contributed by atoms with Gasteiger partial charge in [0.1, 0.15) is 0 Å². The maximum absolute atomic E-state index is 4.39. The highest BCUT2D eigenvalue weighted by molar-refractivity contribution is 5.10. The van der Waals surface area contributed by atoms with E-state index in [-0.39, 0.29) is 0 Å². The van der Waals surface area contributed by atoms with Crippen LogP contribution in [0.5, 0.6) is 0 Å². The van der Waals surface area contributed by atoms with Crippen molar-refractivity contribution >= 4 is 0 Å². The average Bonchev–Trinajstić information content (AvgIpc) is 3.12. The van der Waals surface area contributed by atoms with Crippen LogP contribution in [0.25, 0.3) is 0 Å². The molecule has 1 fully saturated rings. The van der Waals surface area contributed by atoms with Crippen LogP contribution in [0.3, 0.4) is 0 Å². The number of rotatable bonds is 8. The molecule has 1 heterocycles. The van der Waals surface area contributed by atoms with Crippen molar-refractivity contribution in [1.29, 1.82) is 0 Å². The molecule has 1 aliphatic rings. The molecule has 1 aromatic heterocycles. The Hall–Kier alpha value is -0.830. The van der Waals surface area contributed by atoms with Gasteiger partial charge in [0.15, 0.2) is 0 Å². The molecule has 1 saturated carbocycles. The van der Waals surface area contributed by atoms with Crippen molar-refractivity contribution in [2.24, 2.45) is 11.3 Å². The molecule has 1 aromatic rings. The first kappa shape index (κ1) is 13.6. The molecule has 18 heavy (non-hydrogen) atoms. The first-order valence-corrected chi connectivity index (χ1v) is 7.40. The quantitative estimate of drug-likeness (QED) is 0.718. The van der Waals surface area contributed by atoms with E-state index in [1.165, 1.54) is 24.8 Å². The predicted molar refractivity (Wildman–Crippen MR) is 75.6 cm³/mol. The Balaban J connectivity index is 1.96. The molecule has 1 N–H and O–H groups in total. The maximum atomic E-state index is 4.39. The van der Waals surface area contributed by atoms with Gasteiger partial charge in [-0.2, -0.15) is 5.10 Å². The van der Waals surface area contributed by atoms with Crippen LogP contribution in [0.4, 0.5) is 0 Å². The van der Waals surface area contributed by atoms with E-state index in [0.717, 1.165) is 32.0 Å². The summed E-state index contributed by atoms with van der Waals surface area (Å²) in [6.07, 6.45) is 9.45. The highest BCUT2D eigenvalue weighted by Gasteiger charge is 2.41. The van der Waals surface area contributed by atoms with Gasteiger partial charge < -0.3 is 5.32 Å². The second-order valence-corrected chi connectivity index (χ2v) is 5.99.